The fourth-order valence-electron chi connectivity index (χ4n) is 1.30. The Morgan fingerprint density at radius 2 is 2.13 bits per heavy atom. The van der Waals surface area contributed by atoms with Crippen molar-refractivity contribution in [2.75, 3.05) is 12.3 Å². The summed E-state index contributed by atoms with van der Waals surface area (Å²) in [6.45, 7) is 1.61. The minimum Gasteiger partial charge on any atom is -0.397 e. The normalized spacial score (nSPS) is 14.9. The molecule has 0 saturated heterocycles. The zero-order valence-electron chi connectivity index (χ0n) is 8.59. The average molecular weight is 212 g/mol. The van der Waals surface area contributed by atoms with Crippen molar-refractivity contribution >= 4 is 5.69 Å². The van der Waals surface area contributed by atoms with Crippen LogP contribution in [0.5, 0.6) is 0 Å². The third kappa shape index (κ3) is 2.65. The molecule has 2 atom stereocenters. The molecule has 5 N–H and O–H groups in total. The second-order valence-corrected chi connectivity index (χ2v) is 3.45. The van der Waals surface area contributed by atoms with Crippen molar-refractivity contribution < 1.29 is 15.3 Å². The monoisotopic (exact) mass is 212 g/mol. The van der Waals surface area contributed by atoms with E-state index in [0.717, 1.165) is 5.56 Å². The summed E-state index contributed by atoms with van der Waals surface area (Å²) in [6.07, 6.45) is -0.588. The first kappa shape index (κ1) is 11.9. The smallest absolute Gasteiger partial charge is 0.124 e. The van der Waals surface area contributed by atoms with Crippen molar-refractivity contribution in [3.8, 4) is 0 Å². The van der Waals surface area contributed by atoms with E-state index in [4.69, 9.17) is 10.8 Å². The Kier molecular flexibility index (Phi) is 4.02. The van der Waals surface area contributed by atoms with E-state index in [1.54, 1.807) is 13.0 Å². The van der Waals surface area contributed by atoms with Gasteiger partial charge in [-0.25, -0.2) is 0 Å². The summed E-state index contributed by atoms with van der Waals surface area (Å²) >= 11 is 0. The summed E-state index contributed by atoms with van der Waals surface area (Å²) in [5.74, 6) is 0. The van der Waals surface area contributed by atoms with E-state index in [2.05, 4.69) is 4.98 Å². The summed E-state index contributed by atoms with van der Waals surface area (Å²) in [4.78, 5) is 3.93. The Labute approximate surface area is 88.2 Å². The number of nitrogen functional groups attached to an aromatic ring is 1. The standard InChI is InChI=1S/C10H16N2O3/c1-6-2-4-12-9(8(6)11)10(15)7(14)3-5-13/h2,4,7,10,13-15H,3,5,11H2,1H3. The largest absolute Gasteiger partial charge is 0.397 e. The number of anilines is 1. The lowest BCUT2D eigenvalue weighted by Crippen LogP contribution is -2.21. The number of rotatable bonds is 4. The van der Waals surface area contributed by atoms with Gasteiger partial charge in [0.15, 0.2) is 0 Å². The van der Waals surface area contributed by atoms with E-state index in [1.165, 1.54) is 6.20 Å². The predicted octanol–water partition coefficient (Wildman–Crippen LogP) is -0.251. The van der Waals surface area contributed by atoms with Crippen LogP contribution in [0.3, 0.4) is 0 Å². The highest BCUT2D eigenvalue weighted by Crippen LogP contribution is 2.24. The average Bonchev–Trinajstić information content (AvgIpc) is 2.21. The molecule has 0 amide bonds. The van der Waals surface area contributed by atoms with Gasteiger partial charge >= 0.3 is 0 Å². The number of nitrogens with two attached hydrogens (primary N) is 1. The highest BCUT2D eigenvalue weighted by molar-refractivity contribution is 5.50. The first-order valence-corrected chi connectivity index (χ1v) is 4.76. The molecule has 84 valence electrons. The first-order chi connectivity index (χ1) is 7.07. The highest BCUT2D eigenvalue weighted by Gasteiger charge is 2.21. The van der Waals surface area contributed by atoms with E-state index in [0.29, 0.717) is 5.69 Å². The Morgan fingerprint density at radius 1 is 1.47 bits per heavy atom. The van der Waals surface area contributed by atoms with Crippen LogP contribution in [0.15, 0.2) is 12.3 Å². The summed E-state index contributed by atoms with van der Waals surface area (Å²) in [5, 5.41) is 27.8. The topological polar surface area (TPSA) is 99.6 Å². The van der Waals surface area contributed by atoms with E-state index in [1.807, 2.05) is 0 Å². The molecule has 1 aromatic heterocycles. The second kappa shape index (κ2) is 5.06. The Hall–Kier alpha value is -1.17. The molecule has 0 fully saturated rings. The van der Waals surface area contributed by atoms with Gasteiger partial charge < -0.3 is 21.1 Å². The molecule has 0 aliphatic rings. The van der Waals surface area contributed by atoms with Crippen LogP contribution in [0.25, 0.3) is 0 Å². The van der Waals surface area contributed by atoms with Crippen molar-refractivity contribution in [2.45, 2.75) is 25.6 Å². The summed E-state index contributed by atoms with van der Waals surface area (Å²) < 4.78 is 0. The van der Waals surface area contributed by atoms with Gasteiger partial charge in [0.2, 0.25) is 0 Å². The SMILES string of the molecule is Cc1ccnc(C(O)C(O)CCO)c1N. The number of aryl methyl sites for hydroxylation is 1. The Morgan fingerprint density at radius 3 is 2.73 bits per heavy atom. The quantitative estimate of drug-likeness (QED) is 0.551. The minimum atomic E-state index is -1.16. The summed E-state index contributed by atoms with van der Waals surface area (Å²) in [6, 6.07) is 1.73. The molecule has 2 unspecified atom stereocenters. The van der Waals surface area contributed by atoms with Gasteiger partial charge in [-0.1, -0.05) is 0 Å². The molecule has 0 saturated carbocycles. The van der Waals surface area contributed by atoms with Crippen molar-refractivity contribution in [1.82, 2.24) is 4.98 Å². The summed E-state index contributed by atoms with van der Waals surface area (Å²) in [7, 11) is 0. The fourth-order valence-corrected chi connectivity index (χ4v) is 1.30. The van der Waals surface area contributed by atoms with Crippen LogP contribution >= 0.6 is 0 Å². The van der Waals surface area contributed by atoms with Crippen molar-refractivity contribution in [2.24, 2.45) is 0 Å². The van der Waals surface area contributed by atoms with Crippen LogP contribution in [0, 0.1) is 6.92 Å². The molecule has 0 spiro atoms. The number of pyridine rings is 1. The zero-order chi connectivity index (χ0) is 11.4. The van der Waals surface area contributed by atoms with Gasteiger partial charge in [0, 0.05) is 12.8 Å². The maximum Gasteiger partial charge on any atom is 0.124 e. The van der Waals surface area contributed by atoms with Crippen LogP contribution < -0.4 is 5.73 Å². The maximum atomic E-state index is 9.72. The van der Waals surface area contributed by atoms with Crippen LogP contribution in [-0.4, -0.2) is 33.0 Å². The van der Waals surface area contributed by atoms with Gasteiger partial charge in [0.05, 0.1) is 17.5 Å². The van der Waals surface area contributed by atoms with Gasteiger partial charge in [-0.05, 0) is 25.0 Å². The molecule has 0 aromatic carbocycles. The van der Waals surface area contributed by atoms with Gasteiger partial charge in [0.25, 0.3) is 0 Å². The van der Waals surface area contributed by atoms with E-state index in [9.17, 15) is 10.2 Å². The van der Waals surface area contributed by atoms with Crippen molar-refractivity contribution in [3.05, 3.63) is 23.5 Å². The third-order valence-corrected chi connectivity index (χ3v) is 2.31. The molecule has 1 heterocycles. The molecule has 1 aromatic rings. The molecule has 0 aliphatic heterocycles. The highest BCUT2D eigenvalue weighted by atomic mass is 16.3. The number of aliphatic hydroxyl groups excluding tert-OH is 3. The van der Waals surface area contributed by atoms with Crippen LogP contribution in [0.4, 0.5) is 5.69 Å². The van der Waals surface area contributed by atoms with Crippen molar-refractivity contribution in [3.63, 3.8) is 0 Å². The Bertz CT molecular complexity index is 330. The van der Waals surface area contributed by atoms with E-state index in [-0.39, 0.29) is 18.7 Å². The molecule has 5 heteroatoms. The molecule has 0 aliphatic carbocycles. The molecule has 15 heavy (non-hydrogen) atoms. The Balaban J connectivity index is 2.90. The van der Waals surface area contributed by atoms with Crippen molar-refractivity contribution in [1.29, 1.82) is 0 Å². The predicted molar refractivity (Wildman–Crippen MR) is 56.1 cm³/mol. The first-order valence-electron chi connectivity index (χ1n) is 4.76. The van der Waals surface area contributed by atoms with Gasteiger partial charge in [-0.15, -0.1) is 0 Å². The molecule has 1 rings (SSSR count). The van der Waals surface area contributed by atoms with Crippen LogP contribution in [0.2, 0.25) is 0 Å². The zero-order valence-corrected chi connectivity index (χ0v) is 8.59. The minimum absolute atomic E-state index is 0.0935. The van der Waals surface area contributed by atoms with Gasteiger partial charge in [-0.2, -0.15) is 0 Å². The lowest BCUT2D eigenvalue weighted by Gasteiger charge is -2.18. The van der Waals surface area contributed by atoms with Gasteiger partial charge in [0.1, 0.15) is 6.10 Å². The molecule has 0 radical (unpaired) electrons. The fraction of sp³-hybridized carbons (Fsp3) is 0.500. The number of nitrogens with zero attached hydrogens (tertiary/aromatic N) is 1. The maximum absolute atomic E-state index is 9.72. The number of hydrogen-bond donors (Lipinski definition) is 4. The molecular weight excluding hydrogens is 196 g/mol. The lowest BCUT2D eigenvalue weighted by molar-refractivity contribution is 0.00232. The lowest BCUT2D eigenvalue weighted by atomic mass is 10.0. The molecular formula is C10H16N2O3. The van der Waals surface area contributed by atoms with Crippen LogP contribution in [-0.2, 0) is 0 Å². The van der Waals surface area contributed by atoms with Gasteiger partial charge in [-0.3, -0.25) is 4.98 Å². The number of hydrogen-bond acceptors (Lipinski definition) is 5. The third-order valence-electron chi connectivity index (χ3n) is 2.31. The molecule has 5 nitrogen and oxygen atoms in total. The van der Waals surface area contributed by atoms with E-state index < -0.39 is 12.2 Å². The second-order valence-electron chi connectivity index (χ2n) is 3.45. The number of aromatic nitrogens is 1. The molecule has 0 bridgehead atoms. The van der Waals surface area contributed by atoms with E-state index >= 15 is 0 Å². The summed E-state index contributed by atoms with van der Waals surface area (Å²) in [5.41, 5.74) is 7.16. The number of aliphatic hydroxyl groups is 3. The van der Waals surface area contributed by atoms with Crippen LogP contribution in [0.1, 0.15) is 23.8 Å².